The van der Waals surface area contributed by atoms with E-state index in [1.165, 1.54) is 10.8 Å². The first-order valence-electron chi connectivity index (χ1n) is 13.4. The lowest BCUT2D eigenvalue weighted by atomic mass is 9.99. The quantitative estimate of drug-likeness (QED) is 0.232. The molecule has 0 aliphatic rings. The zero-order chi connectivity index (χ0) is 26.2. The fourth-order valence-electron chi connectivity index (χ4n) is 6.25. The van der Waals surface area contributed by atoms with Gasteiger partial charge in [0.1, 0.15) is 11.2 Å². The summed E-state index contributed by atoms with van der Waals surface area (Å²) in [5, 5.41) is 7.82. The van der Waals surface area contributed by atoms with Gasteiger partial charge in [0.2, 0.25) is 5.95 Å². The van der Waals surface area contributed by atoms with Crippen molar-refractivity contribution in [1.29, 1.82) is 0 Å². The van der Waals surface area contributed by atoms with E-state index in [0.29, 0.717) is 5.95 Å². The van der Waals surface area contributed by atoms with Crippen molar-refractivity contribution in [2.45, 2.75) is 0 Å². The molecule has 4 heteroatoms. The van der Waals surface area contributed by atoms with E-state index in [-0.39, 0.29) is 0 Å². The second-order valence-electron chi connectivity index (χ2n) is 10.2. The molecule has 0 saturated heterocycles. The van der Waals surface area contributed by atoms with E-state index in [1.54, 1.807) is 0 Å². The number of fused-ring (bicyclic) bond motifs is 9. The van der Waals surface area contributed by atoms with E-state index in [9.17, 15) is 0 Å². The van der Waals surface area contributed by atoms with Gasteiger partial charge in [0.15, 0.2) is 0 Å². The van der Waals surface area contributed by atoms with Crippen molar-refractivity contribution in [2.24, 2.45) is 0 Å². The highest BCUT2D eigenvalue weighted by atomic mass is 16.3. The molecule has 0 amide bonds. The topological polar surface area (TPSA) is 43.9 Å². The predicted molar refractivity (Wildman–Crippen MR) is 164 cm³/mol. The van der Waals surface area contributed by atoms with Crippen molar-refractivity contribution >= 4 is 65.4 Å². The molecule has 9 aromatic rings. The number of rotatable bonds is 2. The normalized spacial score (nSPS) is 12.0. The van der Waals surface area contributed by atoms with Crippen LogP contribution in [0.4, 0.5) is 0 Å². The van der Waals surface area contributed by atoms with Gasteiger partial charge in [-0.2, -0.15) is 0 Å². The van der Waals surface area contributed by atoms with E-state index in [2.05, 4.69) is 114 Å². The summed E-state index contributed by atoms with van der Waals surface area (Å²) < 4.78 is 8.66. The summed E-state index contributed by atoms with van der Waals surface area (Å²) in [4.78, 5) is 10.4. The molecule has 6 aromatic carbocycles. The molecule has 40 heavy (non-hydrogen) atoms. The molecule has 0 spiro atoms. The number of hydrogen-bond acceptors (Lipinski definition) is 3. The van der Waals surface area contributed by atoms with E-state index in [0.717, 1.165) is 65.9 Å². The number of hydrogen-bond donors (Lipinski definition) is 0. The summed E-state index contributed by atoms with van der Waals surface area (Å²) in [5.41, 5.74) is 6.78. The number of benzene rings is 6. The molecule has 3 heterocycles. The lowest BCUT2D eigenvalue weighted by Crippen LogP contribution is -2.03. The van der Waals surface area contributed by atoms with Gasteiger partial charge in [-0.3, -0.25) is 4.57 Å². The molecule has 3 aromatic heterocycles. The molecule has 0 bridgehead atoms. The van der Waals surface area contributed by atoms with Gasteiger partial charge < -0.3 is 4.42 Å². The van der Waals surface area contributed by atoms with Crippen LogP contribution < -0.4 is 0 Å². The molecule has 0 radical (unpaired) electrons. The van der Waals surface area contributed by atoms with E-state index >= 15 is 0 Å². The standard InChI is InChI=1S/C36H21N3O/c1-2-12-23-22(10-1)11-9-16-25(23)34-27-14-3-6-17-29(27)37-36(38-34)39-30-18-7-4-15-28(30)33-31(39)21-20-26-24-13-5-8-19-32(24)40-35(26)33/h1-21H. The molecule has 186 valence electrons. The zero-order valence-corrected chi connectivity index (χ0v) is 21.4. The van der Waals surface area contributed by atoms with Crippen LogP contribution in [-0.2, 0) is 0 Å². The summed E-state index contributed by atoms with van der Waals surface area (Å²) in [7, 11) is 0. The van der Waals surface area contributed by atoms with Gasteiger partial charge in [-0.15, -0.1) is 0 Å². The molecular formula is C36H21N3O. The van der Waals surface area contributed by atoms with Crippen molar-refractivity contribution in [3.63, 3.8) is 0 Å². The van der Waals surface area contributed by atoms with Crippen LogP contribution in [-0.4, -0.2) is 14.5 Å². The van der Waals surface area contributed by atoms with Crippen LogP contribution in [0, 0.1) is 0 Å². The smallest absolute Gasteiger partial charge is 0.235 e. The fourth-order valence-corrected chi connectivity index (χ4v) is 6.25. The number of nitrogens with zero attached hydrogens (tertiary/aromatic N) is 3. The first kappa shape index (κ1) is 21.5. The maximum Gasteiger partial charge on any atom is 0.235 e. The maximum atomic E-state index is 6.48. The first-order chi connectivity index (χ1) is 19.8. The van der Waals surface area contributed by atoms with Crippen LogP contribution in [0.25, 0.3) is 82.6 Å². The van der Waals surface area contributed by atoms with E-state index < -0.39 is 0 Å². The van der Waals surface area contributed by atoms with Crippen LogP contribution in [0.2, 0.25) is 0 Å². The Morgan fingerprint density at radius 2 is 1.23 bits per heavy atom. The highest BCUT2D eigenvalue weighted by Crippen LogP contribution is 2.41. The van der Waals surface area contributed by atoms with Crippen LogP contribution in [0.3, 0.4) is 0 Å². The Labute approximate surface area is 228 Å². The number of furan rings is 1. The largest absolute Gasteiger partial charge is 0.455 e. The summed E-state index contributed by atoms with van der Waals surface area (Å²) >= 11 is 0. The van der Waals surface area contributed by atoms with E-state index in [4.69, 9.17) is 14.4 Å². The van der Waals surface area contributed by atoms with Crippen molar-refractivity contribution in [2.75, 3.05) is 0 Å². The van der Waals surface area contributed by atoms with Gasteiger partial charge >= 0.3 is 0 Å². The summed E-state index contributed by atoms with van der Waals surface area (Å²) in [5.74, 6) is 0.642. The summed E-state index contributed by atoms with van der Waals surface area (Å²) in [6.45, 7) is 0. The lowest BCUT2D eigenvalue weighted by molar-refractivity contribution is 0.673. The molecule has 4 nitrogen and oxygen atoms in total. The first-order valence-corrected chi connectivity index (χ1v) is 13.4. The zero-order valence-electron chi connectivity index (χ0n) is 21.4. The summed E-state index contributed by atoms with van der Waals surface area (Å²) in [6, 6.07) is 44.2. The van der Waals surface area contributed by atoms with Crippen LogP contribution in [0.15, 0.2) is 132 Å². The third-order valence-corrected chi connectivity index (χ3v) is 8.02. The highest BCUT2D eigenvalue weighted by Gasteiger charge is 2.21. The van der Waals surface area contributed by atoms with Gasteiger partial charge in [0, 0.05) is 27.1 Å². The molecule has 0 saturated carbocycles. The highest BCUT2D eigenvalue weighted by molar-refractivity contribution is 6.23. The Kier molecular flexibility index (Phi) is 4.30. The summed E-state index contributed by atoms with van der Waals surface area (Å²) in [6.07, 6.45) is 0. The lowest BCUT2D eigenvalue weighted by Gasteiger charge is -2.13. The molecule has 0 unspecified atom stereocenters. The Hall–Kier alpha value is -5.48. The molecule has 9 rings (SSSR count). The van der Waals surface area contributed by atoms with Crippen molar-refractivity contribution in [3.05, 3.63) is 127 Å². The second-order valence-corrected chi connectivity index (χ2v) is 10.2. The van der Waals surface area contributed by atoms with Crippen molar-refractivity contribution in [3.8, 4) is 17.2 Å². The van der Waals surface area contributed by atoms with E-state index in [1.807, 2.05) is 18.2 Å². The minimum Gasteiger partial charge on any atom is -0.455 e. The Bertz CT molecular complexity index is 2440. The van der Waals surface area contributed by atoms with Crippen molar-refractivity contribution < 1.29 is 4.42 Å². The average molecular weight is 512 g/mol. The van der Waals surface area contributed by atoms with Crippen LogP contribution in [0.5, 0.6) is 0 Å². The van der Waals surface area contributed by atoms with Crippen LogP contribution in [0.1, 0.15) is 0 Å². The van der Waals surface area contributed by atoms with Gasteiger partial charge in [-0.05, 0) is 41.1 Å². The van der Waals surface area contributed by atoms with Crippen molar-refractivity contribution in [1.82, 2.24) is 14.5 Å². The number of para-hydroxylation sites is 3. The SMILES string of the molecule is c1ccc2c(-c3nc(-n4c5ccccc5c5c6oc7ccccc7c6ccc54)nc4ccccc34)cccc2c1. The predicted octanol–water partition coefficient (Wildman–Crippen LogP) is 9.45. The Balaban J connectivity index is 1.42. The third-order valence-electron chi connectivity index (χ3n) is 8.02. The maximum absolute atomic E-state index is 6.48. The third kappa shape index (κ3) is 2.90. The molecular weight excluding hydrogens is 490 g/mol. The van der Waals surface area contributed by atoms with Gasteiger partial charge in [0.25, 0.3) is 0 Å². The van der Waals surface area contributed by atoms with Gasteiger partial charge in [-0.25, -0.2) is 9.97 Å². The average Bonchev–Trinajstić information content (AvgIpc) is 3.56. The Morgan fingerprint density at radius 3 is 2.15 bits per heavy atom. The molecule has 0 N–H and O–H groups in total. The van der Waals surface area contributed by atoms with Gasteiger partial charge in [-0.1, -0.05) is 97.1 Å². The second kappa shape index (κ2) is 8.01. The number of aromatic nitrogens is 3. The molecule has 0 aliphatic heterocycles. The van der Waals surface area contributed by atoms with Gasteiger partial charge in [0.05, 0.1) is 27.6 Å². The Morgan fingerprint density at radius 1 is 0.500 bits per heavy atom. The minimum atomic E-state index is 0.642. The molecule has 0 atom stereocenters. The molecule has 0 fully saturated rings. The van der Waals surface area contributed by atoms with Crippen LogP contribution >= 0.6 is 0 Å². The molecule has 0 aliphatic carbocycles. The fraction of sp³-hybridized carbons (Fsp3) is 0. The monoisotopic (exact) mass is 511 g/mol. The minimum absolute atomic E-state index is 0.642.